The second-order valence-corrected chi connectivity index (χ2v) is 16.8. The molecule has 1 unspecified atom stereocenters. The van der Waals surface area contributed by atoms with Gasteiger partial charge in [0.25, 0.3) is 0 Å². The number of anilines is 2. The van der Waals surface area contributed by atoms with Gasteiger partial charge in [-0.05, 0) is 108 Å². The zero-order chi connectivity index (χ0) is 38.9. The summed E-state index contributed by atoms with van der Waals surface area (Å²) in [6.07, 6.45) is 15.6. The van der Waals surface area contributed by atoms with Crippen LogP contribution in [0.5, 0.6) is 23.0 Å². The van der Waals surface area contributed by atoms with Crippen molar-refractivity contribution in [2.24, 2.45) is 0 Å². The Kier molecular flexibility index (Phi) is 7.89. The van der Waals surface area contributed by atoms with Gasteiger partial charge in [0.1, 0.15) is 0 Å². The van der Waals surface area contributed by atoms with E-state index >= 15 is 0 Å². The van der Waals surface area contributed by atoms with Crippen molar-refractivity contribution >= 4 is 48.5 Å². The van der Waals surface area contributed by atoms with Crippen LogP contribution in [0.4, 0.5) is 11.4 Å². The fraction of sp³-hybridized carbons (Fsp3) is 0.0909. The lowest BCUT2D eigenvalue weighted by atomic mass is 9.66. The Hall–Kier alpha value is -6.88. The Labute approximate surface area is 348 Å². The Morgan fingerprint density at radius 2 is 1.32 bits per heavy atom. The van der Waals surface area contributed by atoms with Gasteiger partial charge in [0.2, 0.25) is 0 Å². The van der Waals surface area contributed by atoms with E-state index in [2.05, 4.69) is 193 Å². The average Bonchev–Trinajstić information content (AvgIpc) is 3.83. The minimum atomic E-state index is -0.469. The van der Waals surface area contributed by atoms with Gasteiger partial charge in [0.15, 0.2) is 23.0 Å². The molecule has 3 nitrogen and oxygen atoms in total. The molecule has 12 rings (SSSR count). The maximum absolute atomic E-state index is 7.04. The molecular formula is C55H39NO2S. The summed E-state index contributed by atoms with van der Waals surface area (Å²) in [6, 6.07) is 57.0. The molecule has 4 aliphatic rings. The molecule has 59 heavy (non-hydrogen) atoms. The van der Waals surface area contributed by atoms with E-state index in [0.717, 1.165) is 54.1 Å². The van der Waals surface area contributed by atoms with Crippen LogP contribution in [0.15, 0.2) is 199 Å². The minimum absolute atomic E-state index is 0.469. The van der Waals surface area contributed by atoms with Crippen molar-refractivity contribution in [1.29, 1.82) is 0 Å². The predicted molar refractivity (Wildman–Crippen MR) is 244 cm³/mol. The molecule has 1 aliphatic heterocycles. The Balaban J connectivity index is 0.986. The molecule has 0 spiro atoms. The molecule has 0 radical (unpaired) electrons. The third-order valence-corrected chi connectivity index (χ3v) is 13.6. The third-order valence-electron chi connectivity index (χ3n) is 12.5. The van der Waals surface area contributed by atoms with Crippen LogP contribution < -0.4 is 14.4 Å². The first-order chi connectivity index (χ1) is 29.3. The van der Waals surface area contributed by atoms with Crippen molar-refractivity contribution in [3.05, 3.63) is 222 Å². The lowest BCUT2D eigenvalue weighted by Crippen LogP contribution is -2.29. The van der Waals surface area contributed by atoms with Gasteiger partial charge >= 0.3 is 0 Å². The topological polar surface area (TPSA) is 21.7 Å². The summed E-state index contributed by atoms with van der Waals surface area (Å²) in [7, 11) is 0. The molecule has 7 aromatic carbocycles. The van der Waals surface area contributed by atoms with Crippen LogP contribution in [-0.4, -0.2) is 0 Å². The fourth-order valence-electron chi connectivity index (χ4n) is 9.97. The summed E-state index contributed by atoms with van der Waals surface area (Å²) in [6.45, 7) is 0. The van der Waals surface area contributed by atoms with E-state index in [4.69, 9.17) is 9.47 Å². The van der Waals surface area contributed by atoms with Crippen molar-refractivity contribution in [2.75, 3.05) is 4.90 Å². The van der Waals surface area contributed by atoms with E-state index in [1.807, 2.05) is 11.3 Å². The van der Waals surface area contributed by atoms with Gasteiger partial charge in [-0.25, -0.2) is 0 Å². The van der Waals surface area contributed by atoms with Crippen molar-refractivity contribution in [3.63, 3.8) is 0 Å². The van der Waals surface area contributed by atoms with Crippen LogP contribution >= 0.6 is 11.3 Å². The molecular weight excluding hydrogens is 739 g/mol. The van der Waals surface area contributed by atoms with E-state index in [1.165, 1.54) is 64.8 Å². The Morgan fingerprint density at radius 3 is 2.20 bits per heavy atom. The van der Waals surface area contributed by atoms with Gasteiger partial charge in [-0.15, -0.1) is 11.3 Å². The fourth-order valence-corrected chi connectivity index (χ4v) is 11.1. The van der Waals surface area contributed by atoms with E-state index in [-0.39, 0.29) is 0 Å². The first kappa shape index (κ1) is 34.2. The third kappa shape index (κ3) is 5.26. The molecule has 0 N–H and O–H groups in total. The monoisotopic (exact) mass is 777 g/mol. The zero-order valence-electron chi connectivity index (χ0n) is 32.4. The minimum Gasteiger partial charge on any atom is -0.449 e. The Morgan fingerprint density at radius 1 is 0.542 bits per heavy atom. The molecule has 3 aliphatic carbocycles. The summed E-state index contributed by atoms with van der Waals surface area (Å²) >= 11 is 1.86. The summed E-state index contributed by atoms with van der Waals surface area (Å²) < 4.78 is 16.6. The number of rotatable bonds is 6. The lowest BCUT2D eigenvalue weighted by molar-refractivity contribution is 0.360. The maximum atomic E-state index is 7.04. The van der Waals surface area contributed by atoms with Gasteiger partial charge in [-0.1, -0.05) is 134 Å². The standard InChI is InChI=1S/C55H39NO2S/c1-4-16-37(17-5-1)55(38-18-6-2-7-19-38)45-25-13-10-24-43(45)53-46(55)30-32-49-54(53)58-48-31-29-40(35-50(48)57-49)56(39-20-8-3-9-21-39)47-26-14-11-22-41(47)36-28-33-52-44(34-36)42-23-12-15-27-51(42)59-52/h1,3-6,8-13,15-25,27-35H,2,7,14,26H2. The summed E-state index contributed by atoms with van der Waals surface area (Å²) in [4.78, 5) is 2.41. The zero-order valence-corrected chi connectivity index (χ0v) is 33.2. The number of ether oxygens (including phenoxy) is 2. The highest BCUT2D eigenvalue weighted by Crippen LogP contribution is 2.63. The van der Waals surface area contributed by atoms with Crippen molar-refractivity contribution < 1.29 is 9.47 Å². The summed E-state index contributed by atoms with van der Waals surface area (Å²) in [5.41, 5.74) is 12.7. The van der Waals surface area contributed by atoms with Crippen LogP contribution in [0, 0.1) is 0 Å². The molecule has 0 amide bonds. The van der Waals surface area contributed by atoms with Gasteiger partial charge < -0.3 is 14.4 Å². The van der Waals surface area contributed by atoms with Gasteiger partial charge in [0.05, 0.1) is 5.41 Å². The summed E-state index contributed by atoms with van der Waals surface area (Å²) in [5.74, 6) is 2.91. The van der Waals surface area contributed by atoms with Crippen LogP contribution in [-0.2, 0) is 5.41 Å². The molecule has 4 heteroatoms. The lowest BCUT2D eigenvalue weighted by Gasteiger charge is -2.36. The molecule has 0 fully saturated rings. The number of nitrogens with zero attached hydrogens (tertiary/aromatic N) is 1. The highest BCUT2D eigenvalue weighted by molar-refractivity contribution is 7.25. The molecule has 282 valence electrons. The second kappa shape index (κ2) is 13.6. The number of hydrogen-bond acceptors (Lipinski definition) is 4. The molecule has 0 bridgehead atoms. The number of fused-ring (bicyclic) bond motifs is 9. The molecule has 8 aromatic rings. The highest BCUT2D eigenvalue weighted by Gasteiger charge is 2.49. The molecule has 2 heterocycles. The first-order valence-electron chi connectivity index (χ1n) is 20.6. The number of allylic oxidation sites excluding steroid dienone is 8. The number of hydrogen-bond donors (Lipinski definition) is 0. The number of benzene rings is 7. The molecule has 0 saturated heterocycles. The van der Waals surface area contributed by atoms with Crippen LogP contribution in [0.3, 0.4) is 0 Å². The predicted octanol–water partition coefficient (Wildman–Crippen LogP) is 15.4. The van der Waals surface area contributed by atoms with Crippen LogP contribution in [0.25, 0.3) is 36.9 Å². The SMILES string of the molecule is C1=CC(C2(c3ccccc3)c3ccccc3-c3c2ccc2c3Oc3ccc(N(C4=C(c5ccc6sc7ccccc7c6c5)C=CCC4)c4ccccc4)cc3O2)=CCC1. The highest BCUT2D eigenvalue weighted by atomic mass is 32.1. The van der Waals surface area contributed by atoms with Gasteiger partial charge in [0, 0.05) is 54.4 Å². The number of thiophene rings is 1. The molecule has 0 saturated carbocycles. The Bertz CT molecular complexity index is 3110. The molecule has 1 aromatic heterocycles. The van der Waals surface area contributed by atoms with E-state index in [0.29, 0.717) is 11.5 Å². The average molecular weight is 778 g/mol. The second-order valence-electron chi connectivity index (χ2n) is 15.7. The van der Waals surface area contributed by atoms with Crippen LogP contribution in [0.2, 0.25) is 0 Å². The van der Waals surface area contributed by atoms with Gasteiger partial charge in [-0.3, -0.25) is 0 Å². The van der Waals surface area contributed by atoms with Crippen molar-refractivity contribution in [3.8, 4) is 34.1 Å². The summed E-state index contributed by atoms with van der Waals surface area (Å²) in [5, 5.41) is 2.62. The maximum Gasteiger partial charge on any atom is 0.178 e. The molecule has 1 atom stereocenters. The first-order valence-corrected chi connectivity index (χ1v) is 21.4. The van der Waals surface area contributed by atoms with Crippen molar-refractivity contribution in [2.45, 2.75) is 31.1 Å². The van der Waals surface area contributed by atoms with E-state index < -0.39 is 5.41 Å². The normalized spacial score (nSPS) is 17.5. The van der Waals surface area contributed by atoms with Crippen molar-refractivity contribution in [1.82, 2.24) is 0 Å². The quantitative estimate of drug-likeness (QED) is 0.168. The van der Waals surface area contributed by atoms with E-state index in [1.54, 1.807) is 0 Å². The van der Waals surface area contributed by atoms with Crippen LogP contribution in [0.1, 0.15) is 47.9 Å². The number of para-hydroxylation sites is 1. The smallest absolute Gasteiger partial charge is 0.178 e. The van der Waals surface area contributed by atoms with Gasteiger partial charge in [-0.2, -0.15) is 0 Å². The largest absolute Gasteiger partial charge is 0.449 e. The van der Waals surface area contributed by atoms with E-state index in [9.17, 15) is 0 Å².